The third kappa shape index (κ3) is 3.52. The Hall–Kier alpha value is -1.99. The monoisotopic (exact) mass is 410 g/mol. The van der Waals surface area contributed by atoms with E-state index >= 15 is 0 Å². The summed E-state index contributed by atoms with van der Waals surface area (Å²) in [7, 11) is 0. The van der Waals surface area contributed by atoms with E-state index in [0.29, 0.717) is 18.0 Å². The highest BCUT2D eigenvalue weighted by atomic mass is 16.3. The topological polar surface area (TPSA) is 70.3 Å². The van der Waals surface area contributed by atoms with E-state index in [9.17, 15) is 5.11 Å². The molecule has 162 valence electrons. The van der Waals surface area contributed by atoms with Gasteiger partial charge < -0.3 is 10.0 Å². The molecule has 2 saturated heterocycles. The highest BCUT2D eigenvalue weighted by Gasteiger charge is 2.41. The minimum Gasteiger partial charge on any atom is -0.396 e. The molecular formula is C23H34N6O. The molecule has 7 nitrogen and oxygen atoms in total. The Morgan fingerprint density at radius 2 is 2.10 bits per heavy atom. The molecule has 0 saturated carbocycles. The van der Waals surface area contributed by atoms with Gasteiger partial charge in [0.25, 0.3) is 0 Å². The normalized spacial score (nSPS) is 26.2. The van der Waals surface area contributed by atoms with Crippen LogP contribution in [0.2, 0.25) is 0 Å². The van der Waals surface area contributed by atoms with Crippen LogP contribution in [0, 0.1) is 12.8 Å². The van der Waals surface area contributed by atoms with Gasteiger partial charge in [-0.1, -0.05) is 6.92 Å². The third-order valence-electron chi connectivity index (χ3n) is 7.37. The SMILES string of the molecule is CCCn1ncc(CN2[C@H]3CC[C@H]2c2cnc(N4CCC[C@H](CO)C4)nc2C3)c1C. The Kier molecular flexibility index (Phi) is 5.50. The fourth-order valence-electron chi connectivity index (χ4n) is 5.63. The maximum Gasteiger partial charge on any atom is 0.225 e. The molecule has 3 atom stereocenters. The van der Waals surface area contributed by atoms with E-state index in [4.69, 9.17) is 9.97 Å². The van der Waals surface area contributed by atoms with Crippen LogP contribution in [0.25, 0.3) is 0 Å². The maximum atomic E-state index is 9.55. The molecule has 0 spiro atoms. The molecule has 2 aromatic rings. The lowest BCUT2D eigenvalue weighted by atomic mass is 9.98. The zero-order chi connectivity index (χ0) is 20.7. The average Bonchev–Trinajstić information content (AvgIpc) is 3.26. The molecule has 1 N–H and O–H groups in total. The summed E-state index contributed by atoms with van der Waals surface area (Å²) in [6.45, 7) is 8.48. The standard InChI is InChI=1S/C23H34N6O/c1-3-8-29-16(2)18(11-25-29)14-28-19-6-7-22(28)20-12-24-23(26-21(20)10-19)27-9-4-5-17(13-27)15-30/h11-12,17,19,22,30H,3-10,13-15H2,1-2H3/t17-,19-,22-/m0/s1. The van der Waals surface area contributed by atoms with E-state index in [-0.39, 0.29) is 6.61 Å². The molecule has 0 aromatic carbocycles. The van der Waals surface area contributed by atoms with E-state index in [1.807, 2.05) is 0 Å². The van der Waals surface area contributed by atoms with Crippen molar-refractivity contribution in [2.24, 2.45) is 5.92 Å². The van der Waals surface area contributed by atoms with Gasteiger partial charge in [0.2, 0.25) is 5.95 Å². The van der Waals surface area contributed by atoms with E-state index < -0.39 is 0 Å². The summed E-state index contributed by atoms with van der Waals surface area (Å²) in [6, 6.07) is 0.985. The molecule has 0 amide bonds. The third-order valence-corrected chi connectivity index (χ3v) is 7.37. The molecule has 2 bridgehead atoms. The van der Waals surface area contributed by atoms with Crippen molar-refractivity contribution in [1.29, 1.82) is 0 Å². The number of aromatic nitrogens is 4. The highest BCUT2D eigenvalue weighted by Crippen LogP contribution is 2.44. The Labute approximate surface area is 179 Å². The van der Waals surface area contributed by atoms with Crippen molar-refractivity contribution in [3.8, 4) is 0 Å². The second-order valence-electron chi connectivity index (χ2n) is 9.31. The lowest BCUT2D eigenvalue weighted by molar-refractivity contribution is 0.165. The molecule has 3 aliphatic heterocycles. The second kappa shape index (κ2) is 8.27. The van der Waals surface area contributed by atoms with Crippen LogP contribution in [0.1, 0.15) is 67.6 Å². The lowest BCUT2D eigenvalue weighted by Crippen LogP contribution is -2.40. The number of hydrogen-bond donors (Lipinski definition) is 1. The zero-order valence-electron chi connectivity index (χ0n) is 18.3. The van der Waals surface area contributed by atoms with E-state index in [2.05, 4.69) is 45.8 Å². The van der Waals surface area contributed by atoms with Crippen molar-refractivity contribution in [2.45, 2.75) is 77.5 Å². The quantitative estimate of drug-likeness (QED) is 0.790. The zero-order valence-corrected chi connectivity index (χ0v) is 18.3. The molecule has 0 radical (unpaired) electrons. The smallest absolute Gasteiger partial charge is 0.225 e. The van der Waals surface area contributed by atoms with Crippen molar-refractivity contribution in [3.63, 3.8) is 0 Å². The van der Waals surface area contributed by atoms with E-state index in [1.165, 1.54) is 35.4 Å². The lowest BCUT2D eigenvalue weighted by Gasteiger charge is -2.37. The van der Waals surface area contributed by atoms with Gasteiger partial charge >= 0.3 is 0 Å². The number of hydrogen-bond acceptors (Lipinski definition) is 6. The predicted molar refractivity (Wildman–Crippen MR) is 116 cm³/mol. The van der Waals surface area contributed by atoms with Crippen molar-refractivity contribution in [2.75, 3.05) is 24.6 Å². The number of rotatable bonds is 6. The van der Waals surface area contributed by atoms with Crippen LogP contribution in [0.15, 0.2) is 12.4 Å². The predicted octanol–water partition coefficient (Wildman–Crippen LogP) is 2.86. The van der Waals surface area contributed by atoms with Crippen LogP contribution in [-0.4, -0.2) is 55.5 Å². The fourth-order valence-corrected chi connectivity index (χ4v) is 5.63. The summed E-state index contributed by atoms with van der Waals surface area (Å²) in [5.41, 5.74) is 5.22. The molecule has 0 unspecified atom stereocenters. The summed E-state index contributed by atoms with van der Waals surface area (Å²) < 4.78 is 2.14. The van der Waals surface area contributed by atoms with Crippen molar-refractivity contribution in [1.82, 2.24) is 24.6 Å². The first-order chi connectivity index (χ1) is 14.7. The molecule has 30 heavy (non-hydrogen) atoms. The second-order valence-corrected chi connectivity index (χ2v) is 9.31. The van der Waals surface area contributed by atoms with Gasteiger partial charge in [-0.2, -0.15) is 5.10 Å². The summed E-state index contributed by atoms with van der Waals surface area (Å²) in [5.74, 6) is 1.21. The molecule has 7 heteroatoms. The first-order valence-electron chi connectivity index (χ1n) is 11.7. The van der Waals surface area contributed by atoms with Gasteiger partial charge in [0.15, 0.2) is 0 Å². The van der Waals surface area contributed by atoms with Gasteiger partial charge in [-0.25, -0.2) is 9.97 Å². The maximum absolute atomic E-state index is 9.55. The number of aryl methyl sites for hydroxylation is 1. The molecule has 5 heterocycles. The van der Waals surface area contributed by atoms with Crippen molar-refractivity contribution < 1.29 is 5.11 Å². The van der Waals surface area contributed by atoms with Crippen LogP contribution >= 0.6 is 0 Å². The van der Waals surface area contributed by atoms with E-state index in [1.54, 1.807) is 0 Å². The first kappa shape index (κ1) is 19.9. The summed E-state index contributed by atoms with van der Waals surface area (Å²) in [4.78, 5) is 14.7. The van der Waals surface area contributed by atoms with Gasteiger partial charge in [0.05, 0.1) is 11.9 Å². The van der Waals surface area contributed by atoms with Crippen LogP contribution in [0.5, 0.6) is 0 Å². The summed E-state index contributed by atoms with van der Waals surface area (Å²) in [6.07, 6.45) is 10.9. The highest BCUT2D eigenvalue weighted by molar-refractivity contribution is 5.38. The van der Waals surface area contributed by atoms with Gasteiger partial charge in [-0.05, 0) is 44.9 Å². The molecule has 5 rings (SSSR count). The molecule has 0 aliphatic carbocycles. The Bertz CT molecular complexity index is 896. The van der Waals surface area contributed by atoms with Gasteiger partial charge in [0.1, 0.15) is 0 Å². The summed E-state index contributed by atoms with van der Waals surface area (Å²) >= 11 is 0. The Morgan fingerprint density at radius 3 is 2.93 bits per heavy atom. The molecule has 2 fully saturated rings. The van der Waals surface area contributed by atoms with Crippen molar-refractivity contribution in [3.05, 3.63) is 34.9 Å². The fraction of sp³-hybridized carbons (Fsp3) is 0.696. The first-order valence-corrected chi connectivity index (χ1v) is 11.7. The number of aliphatic hydroxyl groups excluding tert-OH is 1. The Morgan fingerprint density at radius 1 is 1.20 bits per heavy atom. The van der Waals surface area contributed by atoms with Crippen LogP contribution < -0.4 is 4.90 Å². The van der Waals surface area contributed by atoms with Gasteiger partial charge in [-0.15, -0.1) is 0 Å². The number of nitrogens with zero attached hydrogens (tertiary/aromatic N) is 6. The minimum atomic E-state index is 0.259. The van der Waals surface area contributed by atoms with Gasteiger partial charge in [-0.3, -0.25) is 9.58 Å². The average molecular weight is 411 g/mol. The van der Waals surface area contributed by atoms with Crippen LogP contribution in [0.3, 0.4) is 0 Å². The number of fused-ring (bicyclic) bond motifs is 4. The largest absolute Gasteiger partial charge is 0.396 e. The van der Waals surface area contributed by atoms with Gasteiger partial charge in [0, 0.05) is 74.3 Å². The summed E-state index contributed by atoms with van der Waals surface area (Å²) in [5, 5.41) is 14.2. The Balaban J connectivity index is 1.35. The molecular weight excluding hydrogens is 376 g/mol. The minimum absolute atomic E-state index is 0.259. The van der Waals surface area contributed by atoms with Crippen LogP contribution in [-0.2, 0) is 19.5 Å². The van der Waals surface area contributed by atoms with Crippen LogP contribution in [0.4, 0.5) is 5.95 Å². The molecule has 2 aromatic heterocycles. The number of piperidine rings is 1. The molecule has 3 aliphatic rings. The number of anilines is 1. The number of aliphatic hydroxyl groups is 1. The van der Waals surface area contributed by atoms with E-state index in [0.717, 1.165) is 57.8 Å². The van der Waals surface area contributed by atoms with Crippen molar-refractivity contribution >= 4 is 5.95 Å².